The lowest BCUT2D eigenvalue weighted by Crippen LogP contribution is -2.55. The maximum atomic E-state index is 6.45. The van der Waals surface area contributed by atoms with Crippen LogP contribution in [0.3, 0.4) is 0 Å². The monoisotopic (exact) mass is 434 g/mol. The third kappa shape index (κ3) is 4.71. The van der Waals surface area contributed by atoms with E-state index in [0.717, 1.165) is 16.0 Å². The van der Waals surface area contributed by atoms with Crippen molar-refractivity contribution in [2.45, 2.75) is 54.6 Å². The third-order valence-corrected chi connectivity index (χ3v) is 6.80. The summed E-state index contributed by atoms with van der Waals surface area (Å²) < 4.78 is 25.6. The zero-order valence-electron chi connectivity index (χ0n) is 17.4. The first-order valence-corrected chi connectivity index (χ1v) is 11.5. The molecule has 0 aromatic heterocycles. The van der Waals surface area contributed by atoms with Gasteiger partial charge in [-0.1, -0.05) is 90.6 Å². The van der Waals surface area contributed by atoms with Crippen LogP contribution in [-0.4, -0.2) is 29.9 Å². The average molecular weight is 435 g/mol. The second-order valence-electron chi connectivity index (χ2n) is 7.85. The summed E-state index contributed by atoms with van der Waals surface area (Å²) in [5.74, 6) is 0. The summed E-state index contributed by atoms with van der Waals surface area (Å²) in [7, 11) is 0. The Morgan fingerprint density at radius 1 is 0.742 bits per heavy atom. The van der Waals surface area contributed by atoms with Crippen LogP contribution in [0.1, 0.15) is 24.3 Å². The first-order chi connectivity index (χ1) is 15.3. The number of hydrogen-bond acceptors (Lipinski definition) is 5. The third-order valence-electron chi connectivity index (χ3n) is 5.64. The van der Waals surface area contributed by atoms with E-state index >= 15 is 0 Å². The predicted molar refractivity (Wildman–Crippen MR) is 121 cm³/mol. The van der Waals surface area contributed by atoms with Gasteiger partial charge in [-0.3, -0.25) is 0 Å². The van der Waals surface area contributed by atoms with E-state index in [1.54, 1.807) is 11.8 Å². The van der Waals surface area contributed by atoms with E-state index in [9.17, 15) is 0 Å². The molecule has 4 nitrogen and oxygen atoms in total. The average Bonchev–Trinajstić information content (AvgIpc) is 3.27. The molecule has 5 heteroatoms. The molecule has 2 aliphatic rings. The number of fused-ring (bicyclic) bond motifs is 1. The fraction of sp³-hybridized carbons (Fsp3) is 0.308. The highest BCUT2D eigenvalue weighted by molar-refractivity contribution is 7.99. The van der Waals surface area contributed by atoms with Crippen LogP contribution in [0.5, 0.6) is 0 Å². The molecule has 160 valence electrons. The summed E-state index contributed by atoms with van der Waals surface area (Å²) in [6, 6.07) is 30.6. The van der Waals surface area contributed by atoms with E-state index < -0.39 is 6.29 Å². The molecule has 0 amide bonds. The lowest BCUT2D eigenvalue weighted by molar-refractivity contribution is -0.174. The summed E-state index contributed by atoms with van der Waals surface area (Å²) in [5.41, 5.74) is 1.94. The van der Waals surface area contributed by atoms with Gasteiger partial charge < -0.3 is 18.9 Å². The van der Waals surface area contributed by atoms with E-state index in [2.05, 4.69) is 31.2 Å². The fourth-order valence-corrected chi connectivity index (χ4v) is 5.25. The van der Waals surface area contributed by atoms with Crippen LogP contribution < -0.4 is 0 Å². The molecule has 0 N–H and O–H groups in total. The highest BCUT2D eigenvalue weighted by atomic mass is 32.2. The first-order valence-electron chi connectivity index (χ1n) is 10.7. The molecule has 0 spiro atoms. The van der Waals surface area contributed by atoms with Gasteiger partial charge in [-0.05, 0) is 24.6 Å². The van der Waals surface area contributed by atoms with E-state index in [0.29, 0.717) is 6.61 Å². The normalized spacial score (nSPS) is 30.1. The second kappa shape index (κ2) is 9.55. The molecular formula is C26H26O4S. The maximum Gasteiger partial charge on any atom is 0.184 e. The van der Waals surface area contributed by atoms with Crippen LogP contribution in [-0.2, 0) is 25.6 Å². The summed E-state index contributed by atoms with van der Waals surface area (Å²) >= 11 is 1.67. The van der Waals surface area contributed by atoms with Gasteiger partial charge in [0.15, 0.2) is 6.29 Å². The topological polar surface area (TPSA) is 36.9 Å². The SMILES string of the molecule is CC1O[C@H](Sc2ccccc2)C(OCc2ccccc2)[C@H]2OC(c3ccccc3)O[C@H]12. The predicted octanol–water partition coefficient (Wildman–Crippen LogP) is 5.59. The molecule has 3 unspecified atom stereocenters. The molecule has 0 aliphatic carbocycles. The molecule has 2 fully saturated rings. The van der Waals surface area contributed by atoms with Gasteiger partial charge in [0, 0.05) is 10.5 Å². The number of rotatable bonds is 6. The van der Waals surface area contributed by atoms with Crippen LogP contribution in [0.4, 0.5) is 0 Å². The molecule has 2 aliphatic heterocycles. The molecular weight excluding hydrogens is 408 g/mol. The quantitative estimate of drug-likeness (QED) is 0.505. The van der Waals surface area contributed by atoms with E-state index in [4.69, 9.17) is 18.9 Å². The van der Waals surface area contributed by atoms with Gasteiger partial charge in [-0.25, -0.2) is 0 Å². The molecule has 3 aromatic carbocycles. The zero-order chi connectivity index (χ0) is 21.0. The summed E-state index contributed by atoms with van der Waals surface area (Å²) in [4.78, 5) is 1.14. The van der Waals surface area contributed by atoms with Crippen LogP contribution in [0.2, 0.25) is 0 Å². The lowest BCUT2D eigenvalue weighted by Gasteiger charge is -2.40. The Morgan fingerprint density at radius 2 is 1.35 bits per heavy atom. The van der Waals surface area contributed by atoms with Crippen LogP contribution >= 0.6 is 11.8 Å². The van der Waals surface area contributed by atoms with E-state index in [-0.39, 0.29) is 29.9 Å². The maximum absolute atomic E-state index is 6.45. The van der Waals surface area contributed by atoms with Crippen molar-refractivity contribution < 1.29 is 18.9 Å². The Labute approximate surface area is 187 Å². The van der Waals surface area contributed by atoms with Crippen LogP contribution in [0.25, 0.3) is 0 Å². The second-order valence-corrected chi connectivity index (χ2v) is 9.02. The fourth-order valence-electron chi connectivity index (χ4n) is 4.07. The van der Waals surface area contributed by atoms with Crippen LogP contribution in [0, 0.1) is 0 Å². The lowest BCUT2D eigenvalue weighted by atomic mass is 10.0. The number of hydrogen-bond donors (Lipinski definition) is 0. The molecule has 5 rings (SSSR count). The van der Waals surface area contributed by atoms with Crippen molar-refractivity contribution >= 4 is 11.8 Å². The Kier molecular flexibility index (Phi) is 6.39. The molecule has 6 atom stereocenters. The minimum absolute atomic E-state index is 0.100. The molecule has 31 heavy (non-hydrogen) atoms. The minimum atomic E-state index is -0.412. The first kappa shape index (κ1) is 20.7. The number of benzene rings is 3. The van der Waals surface area contributed by atoms with E-state index in [1.807, 2.05) is 66.7 Å². The van der Waals surface area contributed by atoms with Gasteiger partial charge in [0.25, 0.3) is 0 Å². The van der Waals surface area contributed by atoms with Crippen molar-refractivity contribution in [3.63, 3.8) is 0 Å². The summed E-state index contributed by atoms with van der Waals surface area (Å²) in [6.45, 7) is 2.55. The molecule has 0 bridgehead atoms. The highest BCUT2D eigenvalue weighted by Crippen LogP contribution is 2.43. The van der Waals surface area contributed by atoms with Gasteiger partial charge in [-0.2, -0.15) is 0 Å². The largest absolute Gasteiger partial charge is 0.367 e. The van der Waals surface area contributed by atoms with Gasteiger partial charge in [0.05, 0.1) is 12.7 Å². The van der Waals surface area contributed by atoms with Crippen molar-refractivity contribution in [2.24, 2.45) is 0 Å². The smallest absolute Gasteiger partial charge is 0.184 e. The zero-order valence-corrected chi connectivity index (χ0v) is 18.2. The highest BCUT2D eigenvalue weighted by Gasteiger charge is 2.52. The van der Waals surface area contributed by atoms with Crippen molar-refractivity contribution in [1.29, 1.82) is 0 Å². The molecule has 2 heterocycles. The summed E-state index contributed by atoms with van der Waals surface area (Å²) in [6.07, 6.45) is -1.17. The Balaban J connectivity index is 1.39. The Hall–Kier alpha value is -2.15. The van der Waals surface area contributed by atoms with Gasteiger partial charge in [-0.15, -0.1) is 0 Å². The van der Waals surface area contributed by atoms with Crippen molar-refractivity contribution in [2.75, 3.05) is 0 Å². The molecule has 2 saturated heterocycles. The minimum Gasteiger partial charge on any atom is -0.367 e. The Bertz CT molecular complexity index is 953. The van der Waals surface area contributed by atoms with Crippen molar-refractivity contribution in [3.05, 3.63) is 102 Å². The van der Waals surface area contributed by atoms with Gasteiger partial charge in [0.1, 0.15) is 23.7 Å². The van der Waals surface area contributed by atoms with Crippen LogP contribution in [0.15, 0.2) is 95.9 Å². The standard InChI is InChI=1S/C26H26O4S/c1-18-22-23(30-25(29-22)20-13-7-3-8-14-20)24(27-17-19-11-5-2-6-12-19)26(28-18)31-21-15-9-4-10-16-21/h2-16,18,22-26H,17H2,1H3/t18?,22-,23+,24?,25?,26-/m1/s1. The Morgan fingerprint density at radius 3 is 2.06 bits per heavy atom. The van der Waals surface area contributed by atoms with Crippen molar-refractivity contribution in [3.8, 4) is 0 Å². The summed E-state index contributed by atoms with van der Waals surface area (Å²) in [5, 5.41) is 0. The molecule has 0 saturated carbocycles. The number of thioether (sulfide) groups is 1. The molecule has 0 radical (unpaired) electrons. The van der Waals surface area contributed by atoms with Gasteiger partial charge >= 0.3 is 0 Å². The van der Waals surface area contributed by atoms with E-state index in [1.165, 1.54) is 0 Å². The number of ether oxygens (including phenoxy) is 4. The molecule has 3 aromatic rings. The van der Waals surface area contributed by atoms with Gasteiger partial charge in [0.2, 0.25) is 0 Å². The van der Waals surface area contributed by atoms with Crippen molar-refractivity contribution in [1.82, 2.24) is 0 Å².